The molecule has 13 heteroatoms. The summed E-state index contributed by atoms with van der Waals surface area (Å²) in [5, 5.41) is 6.71. The SMILES string of the molecule is [N-]=[N+]=NCCOCCOCCOCCOCCOCCOCCOCCN=[N+]=[N-]. The summed E-state index contributed by atoms with van der Waals surface area (Å²) in [4.78, 5) is 5.25. The number of azide groups is 2. The summed E-state index contributed by atoms with van der Waals surface area (Å²) in [7, 11) is 0. The molecule has 0 unspecified atom stereocenters. The van der Waals surface area contributed by atoms with Gasteiger partial charge in [-0.3, -0.25) is 0 Å². The Morgan fingerprint density at radius 3 is 0.793 bits per heavy atom. The van der Waals surface area contributed by atoms with Gasteiger partial charge in [-0.05, 0) is 11.1 Å². The molecule has 0 rings (SSSR count). The van der Waals surface area contributed by atoms with E-state index in [0.29, 0.717) is 106 Å². The van der Waals surface area contributed by atoms with Crippen LogP contribution >= 0.6 is 0 Å². The maximum absolute atomic E-state index is 8.08. The Balaban J connectivity index is 3.01. The Morgan fingerprint density at radius 1 is 0.379 bits per heavy atom. The zero-order valence-electron chi connectivity index (χ0n) is 16.9. The molecule has 0 aromatic carbocycles. The molecule has 0 bridgehead atoms. The van der Waals surface area contributed by atoms with Crippen LogP contribution in [0.25, 0.3) is 20.9 Å². The minimum Gasteiger partial charge on any atom is -0.379 e. The molecule has 0 aromatic heterocycles. The molecule has 0 amide bonds. The number of hydrogen-bond donors (Lipinski definition) is 0. The molecular formula is C16H32N6O7. The fourth-order valence-electron chi connectivity index (χ4n) is 1.72. The quantitative estimate of drug-likeness (QED) is 0.0993. The topological polar surface area (TPSA) is 162 Å². The molecule has 29 heavy (non-hydrogen) atoms. The Hall–Kier alpha value is -1.66. The fourth-order valence-corrected chi connectivity index (χ4v) is 1.72. The zero-order chi connectivity index (χ0) is 21.1. The van der Waals surface area contributed by atoms with E-state index in [4.69, 9.17) is 44.2 Å². The van der Waals surface area contributed by atoms with Crippen molar-refractivity contribution in [2.45, 2.75) is 0 Å². The van der Waals surface area contributed by atoms with Crippen molar-refractivity contribution in [1.29, 1.82) is 0 Å². The number of rotatable bonds is 24. The van der Waals surface area contributed by atoms with Crippen molar-refractivity contribution in [3.8, 4) is 0 Å². The minimum absolute atomic E-state index is 0.329. The molecule has 0 aliphatic rings. The highest BCUT2D eigenvalue weighted by Crippen LogP contribution is 1.85. The van der Waals surface area contributed by atoms with Gasteiger partial charge in [-0.2, -0.15) is 0 Å². The maximum Gasteiger partial charge on any atom is 0.0701 e. The molecule has 0 N–H and O–H groups in total. The molecule has 0 saturated carbocycles. The van der Waals surface area contributed by atoms with Gasteiger partial charge >= 0.3 is 0 Å². The first-order valence-corrected chi connectivity index (χ1v) is 9.47. The lowest BCUT2D eigenvalue weighted by atomic mass is 10.6. The van der Waals surface area contributed by atoms with Gasteiger partial charge in [0.05, 0.1) is 92.5 Å². The van der Waals surface area contributed by atoms with E-state index in [1.165, 1.54) is 0 Å². The van der Waals surface area contributed by atoms with Crippen molar-refractivity contribution in [3.63, 3.8) is 0 Å². The second kappa shape index (κ2) is 26.3. The van der Waals surface area contributed by atoms with Crippen molar-refractivity contribution >= 4 is 0 Å². The van der Waals surface area contributed by atoms with Crippen LogP contribution in [0.15, 0.2) is 10.2 Å². The molecular weight excluding hydrogens is 388 g/mol. The average molecular weight is 420 g/mol. The summed E-state index contributed by atoms with van der Waals surface area (Å²) in [5.41, 5.74) is 16.2. The zero-order valence-corrected chi connectivity index (χ0v) is 16.9. The van der Waals surface area contributed by atoms with Gasteiger partial charge in [0.25, 0.3) is 0 Å². The Morgan fingerprint density at radius 2 is 0.586 bits per heavy atom. The molecule has 0 heterocycles. The number of hydrogen-bond acceptors (Lipinski definition) is 9. The third kappa shape index (κ3) is 26.3. The van der Waals surface area contributed by atoms with E-state index in [9.17, 15) is 0 Å². The van der Waals surface area contributed by atoms with Crippen molar-refractivity contribution in [2.24, 2.45) is 10.2 Å². The van der Waals surface area contributed by atoms with E-state index < -0.39 is 0 Å². The van der Waals surface area contributed by atoms with E-state index in [1.807, 2.05) is 0 Å². The molecule has 168 valence electrons. The first-order valence-electron chi connectivity index (χ1n) is 9.47. The normalized spacial score (nSPS) is 10.5. The Kier molecular flexibility index (Phi) is 24.8. The van der Waals surface area contributed by atoms with Crippen molar-refractivity contribution in [3.05, 3.63) is 20.9 Å². The lowest BCUT2D eigenvalue weighted by Crippen LogP contribution is -2.14. The summed E-state index contributed by atoms with van der Waals surface area (Å²) in [5.74, 6) is 0. The van der Waals surface area contributed by atoms with E-state index in [1.54, 1.807) is 0 Å². The fraction of sp³-hybridized carbons (Fsp3) is 1.00. The van der Waals surface area contributed by atoms with Crippen LogP contribution in [0.1, 0.15) is 0 Å². The van der Waals surface area contributed by atoms with E-state index >= 15 is 0 Å². The third-order valence-electron chi connectivity index (χ3n) is 3.03. The standard InChI is InChI=1S/C16H32N6O7/c17-21-19-1-3-23-5-7-25-9-11-27-13-15-29-16-14-28-12-10-26-8-6-24-4-2-20-22-18/h1-16H2. The van der Waals surface area contributed by atoms with Gasteiger partial charge in [0.2, 0.25) is 0 Å². The van der Waals surface area contributed by atoms with Crippen LogP contribution in [0.4, 0.5) is 0 Å². The molecule has 0 fully saturated rings. The van der Waals surface area contributed by atoms with Crippen LogP contribution in [-0.2, 0) is 33.2 Å². The third-order valence-corrected chi connectivity index (χ3v) is 3.03. The Labute approximate surface area is 170 Å². The molecule has 0 saturated heterocycles. The summed E-state index contributed by atoms with van der Waals surface area (Å²) >= 11 is 0. The van der Waals surface area contributed by atoms with Crippen LogP contribution in [0.5, 0.6) is 0 Å². The second-order valence-electron chi connectivity index (χ2n) is 5.20. The molecule has 0 radical (unpaired) electrons. The van der Waals surface area contributed by atoms with Crippen LogP contribution in [0, 0.1) is 0 Å². The number of ether oxygens (including phenoxy) is 7. The molecule has 0 spiro atoms. The molecule has 0 atom stereocenters. The first-order chi connectivity index (χ1) is 14.4. The molecule has 0 aromatic rings. The maximum atomic E-state index is 8.08. The smallest absolute Gasteiger partial charge is 0.0701 e. The molecule has 13 nitrogen and oxygen atoms in total. The monoisotopic (exact) mass is 420 g/mol. The lowest BCUT2D eigenvalue weighted by Gasteiger charge is -2.08. The molecule has 0 aliphatic heterocycles. The summed E-state index contributed by atoms with van der Waals surface area (Å²) in [6, 6.07) is 0. The van der Waals surface area contributed by atoms with Gasteiger partial charge in [0, 0.05) is 22.9 Å². The van der Waals surface area contributed by atoms with Crippen LogP contribution in [-0.4, -0.2) is 106 Å². The minimum atomic E-state index is 0.329. The lowest BCUT2D eigenvalue weighted by molar-refractivity contribution is -0.0200. The van der Waals surface area contributed by atoms with Gasteiger partial charge in [0.15, 0.2) is 0 Å². The number of nitrogens with zero attached hydrogens (tertiary/aromatic N) is 6. The summed E-state index contributed by atoms with van der Waals surface area (Å²) in [6.07, 6.45) is 0. The predicted octanol–water partition coefficient (Wildman–Crippen LogP) is 1.72. The summed E-state index contributed by atoms with van der Waals surface area (Å²) in [6.45, 7) is 7.26. The van der Waals surface area contributed by atoms with Gasteiger partial charge < -0.3 is 33.2 Å². The molecule has 0 aliphatic carbocycles. The highest BCUT2D eigenvalue weighted by atomic mass is 16.6. The van der Waals surface area contributed by atoms with Crippen LogP contribution in [0.2, 0.25) is 0 Å². The predicted molar refractivity (Wildman–Crippen MR) is 104 cm³/mol. The highest BCUT2D eigenvalue weighted by Gasteiger charge is 1.94. The van der Waals surface area contributed by atoms with Crippen molar-refractivity contribution in [2.75, 3.05) is 106 Å². The Bertz CT molecular complexity index is 396. The average Bonchev–Trinajstić information content (AvgIpc) is 2.74. The largest absolute Gasteiger partial charge is 0.379 e. The summed E-state index contributed by atoms with van der Waals surface area (Å²) < 4.78 is 37.1. The van der Waals surface area contributed by atoms with Crippen molar-refractivity contribution < 1.29 is 33.2 Å². The first kappa shape index (κ1) is 27.3. The van der Waals surface area contributed by atoms with E-state index in [0.717, 1.165) is 0 Å². The van der Waals surface area contributed by atoms with Gasteiger partial charge in [0.1, 0.15) is 0 Å². The van der Waals surface area contributed by atoms with Crippen LogP contribution < -0.4 is 0 Å². The van der Waals surface area contributed by atoms with Crippen LogP contribution in [0.3, 0.4) is 0 Å². The highest BCUT2D eigenvalue weighted by molar-refractivity contribution is 4.45. The van der Waals surface area contributed by atoms with Gasteiger partial charge in [-0.25, -0.2) is 0 Å². The second-order valence-corrected chi connectivity index (χ2v) is 5.20. The van der Waals surface area contributed by atoms with E-state index in [2.05, 4.69) is 20.1 Å². The van der Waals surface area contributed by atoms with Gasteiger partial charge in [-0.1, -0.05) is 10.2 Å². The van der Waals surface area contributed by atoms with Crippen molar-refractivity contribution in [1.82, 2.24) is 0 Å². The van der Waals surface area contributed by atoms with E-state index in [-0.39, 0.29) is 0 Å². The van der Waals surface area contributed by atoms with Gasteiger partial charge in [-0.15, -0.1) is 0 Å².